The quantitative estimate of drug-likeness (QED) is 0.700. The molecule has 2 N–H and O–H groups in total. The van der Waals surface area contributed by atoms with E-state index in [2.05, 4.69) is 25.7 Å². The van der Waals surface area contributed by atoms with Gasteiger partial charge in [0, 0.05) is 18.2 Å². The summed E-state index contributed by atoms with van der Waals surface area (Å²) in [6, 6.07) is 0.456. The largest absolute Gasteiger partial charge is 0.478 e. The van der Waals surface area contributed by atoms with Gasteiger partial charge in [-0.1, -0.05) is 20.4 Å². The van der Waals surface area contributed by atoms with Crippen molar-refractivity contribution in [1.82, 2.24) is 5.32 Å². The number of rotatable bonds is 4. The molecule has 3 nitrogen and oxygen atoms in total. The minimum atomic E-state index is -0.903. The van der Waals surface area contributed by atoms with Crippen molar-refractivity contribution in [3.05, 3.63) is 12.2 Å². The molecule has 0 heterocycles. The molecule has 3 heteroatoms. The maximum atomic E-state index is 10.6. The van der Waals surface area contributed by atoms with E-state index in [4.69, 9.17) is 5.11 Å². The van der Waals surface area contributed by atoms with Gasteiger partial charge in [-0.15, -0.1) is 0 Å². The third-order valence-corrected chi connectivity index (χ3v) is 3.31. The SMILES string of the molecule is C=C(CNC1CCC(C)CC1C)C(=O)O. The van der Waals surface area contributed by atoms with Gasteiger partial charge in [-0.2, -0.15) is 0 Å². The van der Waals surface area contributed by atoms with E-state index in [1.807, 2.05) is 0 Å². The molecule has 0 saturated heterocycles. The Hall–Kier alpha value is -0.830. The van der Waals surface area contributed by atoms with Crippen molar-refractivity contribution in [1.29, 1.82) is 0 Å². The number of nitrogens with one attached hydrogen (secondary N) is 1. The molecule has 1 aliphatic carbocycles. The molecule has 0 spiro atoms. The Labute approximate surface area is 91.6 Å². The molecule has 0 radical (unpaired) electrons. The molecule has 3 unspecified atom stereocenters. The fraction of sp³-hybridized carbons (Fsp3) is 0.750. The summed E-state index contributed by atoms with van der Waals surface area (Å²) in [7, 11) is 0. The summed E-state index contributed by atoms with van der Waals surface area (Å²) in [5.74, 6) is 0.537. The number of carboxylic acids is 1. The smallest absolute Gasteiger partial charge is 0.332 e. The van der Waals surface area contributed by atoms with Crippen LogP contribution in [0, 0.1) is 11.8 Å². The molecule has 0 aromatic rings. The van der Waals surface area contributed by atoms with Crippen molar-refractivity contribution in [2.24, 2.45) is 11.8 Å². The lowest BCUT2D eigenvalue weighted by Crippen LogP contribution is -2.40. The number of hydrogen-bond acceptors (Lipinski definition) is 2. The minimum Gasteiger partial charge on any atom is -0.478 e. The molecule has 86 valence electrons. The molecule has 0 aliphatic heterocycles. The van der Waals surface area contributed by atoms with Crippen molar-refractivity contribution >= 4 is 5.97 Å². The predicted octanol–water partition coefficient (Wildman–Crippen LogP) is 2.04. The molecule has 15 heavy (non-hydrogen) atoms. The van der Waals surface area contributed by atoms with Crippen molar-refractivity contribution < 1.29 is 9.90 Å². The lowest BCUT2D eigenvalue weighted by Gasteiger charge is -2.33. The summed E-state index contributed by atoms with van der Waals surface area (Å²) >= 11 is 0. The topological polar surface area (TPSA) is 49.3 Å². The summed E-state index contributed by atoms with van der Waals surface area (Å²) < 4.78 is 0. The molecular formula is C12H21NO2. The van der Waals surface area contributed by atoms with E-state index in [9.17, 15) is 4.79 Å². The van der Waals surface area contributed by atoms with Crippen LogP contribution in [-0.2, 0) is 4.79 Å². The Morgan fingerprint density at radius 3 is 2.67 bits per heavy atom. The van der Waals surface area contributed by atoms with Crippen LogP contribution in [0.4, 0.5) is 0 Å². The Kier molecular flexibility index (Phi) is 4.33. The number of aliphatic carboxylic acids is 1. The first-order valence-electron chi connectivity index (χ1n) is 5.65. The molecule has 1 rings (SSSR count). The fourth-order valence-corrected chi connectivity index (χ4v) is 2.30. The minimum absolute atomic E-state index is 0.251. The van der Waals surface area contributed by atoms with Crippen LogP contribution in [-0.4, -0.2) is 23.7 Å². The van der Waals surface area contributed by atoms with Crippen LogP contribution in [0.5, 0.6) is 0 Å². The van der Waals surface area contributed by atoms with Crippen LogP contribution in [0.3, 0.4) is 0 Å². The molecule has 0 bridgehead atoms. The lowest BCUT2D eigenvalue weighted by molar-refractivity contribution is -0.132. The van der Waals surface area contributed by atoms with E-state index in [0.717, 1.165) is 12.3 Å². The number of carboxylic acid groups (broad SMARTS) is 1. The van der Waals surface area contributed by atoms with Crippen LogP contribution >= 0.6 is 0 Å². The molecule has 1 aliphatic rings. The van der Waals surface area contributed by atoms with E-state index in [-0.39, 0.29) is 5.57 Å². The van der Waals surface area contributed by atoms with Gasteiger partial charge in [0.25, 0.3) is 0 Å². The highest BCUT2D eigenvalue weighted by Crippen LogP contribution is 2.28. The van der Waals surface area contributed by atoms with Crippen LogP contribution < -0.4 is 5.32 Å². The molecular weight excluding hydrogens is 190 g/mol. The zero-order chi connectivity index (χ0) is 11.4. The zero-order valence-electron chi connectivity index (χ0n) is 9.62. The van der Waals surface area contributed by atoms with E-state index in [0.29, 0.717) is 18.5 Å². The number of carbonyl (C=O) groups is 1. The third kappa shape index (κ3) is 3.67. The average Bonchev–Trinajstić information content (AvgIpc) is 2.15. The van der Waals surface area contributed by atoms with Crippen LogP contribution in [0.1, 0.15) is 33.1 Å². The predicted molar refractivity (Wildman–Crippen MR) is 60.7 cm³/mol. The Bertz CT molecular complexity index is 250. The van der Waals surface area contributed by atoms with Gasteiger partial charge in [0.2, 0.25) is 0 Å². The highest BCUT2D eigenvalue weighted by molar-refractivity contribution is 5.86. The van der Waals surface area contributed by atoms with E-state index in [1.54, 1.807) is 0 Å². The van der Waals surface area contributed by atoms with E-state index in [1.165, 1.54) is 12.8 Å². The monoisotopic (exact) mass is 211 g/mol. The highest BCUT2D eigenvalue weighted by atomic mass is 16.4. The molecule has 0 aromatic carbocycles. The van der Waals surface area contributed by atoms with Gasteiger partial charge in [-0.25, -0.2) is 4.79 Å². The van der Waals surface area contributed by atoms with Gasteiger partial charge in [0.05, 0.1) is 0 Å². The number of hydrogen-bond donors (Lipinski definition) is 2. The average molecular weight is 211 g/mol. The summed E-state index contributed by atoms with van der Waals surface area (Å²) in [6.45, 7) is 8.43. The first kappa shape index (κ1) is 12.2. The Morgan fingerprint density at radius 1 is 1.47 bits per heavy atom. The van der Waals surface area contributed by atoms with Gasteiger partial charge in [-0.05, 0) is 31.1 Å². The first-order chi connectivity index (χ1) is 7.00. The van der Waals surface area contributed by atoms with Crippen molar-refractivity contribution in [2.45, 2.75) is 39.2 Å². The molecule has 3 atom stereocenters. The van der Waals surface area contributed by atoms with Gasteiger partial charge in [-0.3, -0.25) is 0 Å². The third-order valence-electron chi connectivity index (χ3n) is 3.31. The maximum Gasteiger partial charge on any atom is 0.332 e. The lowest BCUT2D eigenvalue weighted by atomic mass is 9.80. The fourth-order valence-electron chi connectivity index (χ4n) is 2.30. The van der Waals surface area contributed by atoms with Gasteiger partial charge >= 0.3 is 5.97 Å². The van der Waals surface area contributed by atoms with Crippen LogP contribution in [0.15, 0.2) is 12.2 Å². The Balaban J connectivity index is 2.33. The van der Waals surface area contributed by atoms with Gasteiger partial charge in [0.1, 0.15) is 0 Å². The maximum absolute atomic E-state index is 10.6. The second kappa shape index (κ2) is 5.31. The second-order valence-electron chi connectivity index (χ2n) is 4.79. The van der Waals surface area contributed by atoms with Crippen LogP contribution in [0.2, 0.25) is 0 Å². The molecule has 1 saturated carbocycles. The molecule has 1 fully saturated rings. The summed E-state index contributed by atoms with van der Waals surface area (Å²) in [5.41, 5.74) is 0.251. The second-order valence-corrected chi connectivity index (χ2v) is 4.79. The molecule has 0 aromatic heterocycles. The standard InChI is InChI=1S/C12H21NO2/c1-8-4-5-11(9(2)6-8)13-7-10(3)12(14)15/h8-9,11,13H,3-7H2,1-2H3,(H,14,15). The summed E-state index contributed by atoms with van der Waals surface area (Å²) in [4.78, 5) is 10.6. The normalized spacial score (nSPS) is 31.2. The zero-order valence-corrected chi connectivity index (χ0v) is 9.62. The van der Waals surface area contributed by atoms with Crippen LogP contribution in [0.25, 0.3) is 0 Å². The van der Waals surface area contributed by atoms with E-state index >= 15 is 0 Å². The van der Waals surface area contributed by atoms with Crippen molar-refractivity contribution in [2.75, 3.05) is 6.54 Å². The summed E-state index contributed by atoms with van der Waals surface area (Å²) in [6.07, 6.45) is 3.62. The summed E-state index contributed by atoms with van der Waals surface area (Å²) in [5, 5.41) is 12.0. The van der Waals surface area contributed by atoms with Crippen molar-refractivity contribution in [3.8, 4) is 0 Å². The highest BCUT2D eigenvalue weighted by Gasteiger charge is 2.24. The van der Waals surface area contributed by atoms with E-state index < -0.39 is 5.97 Å². The van der Waals surface area contributed by atoms with Gasteiger partial charge in [0.15, 0.2) is 0 Å². The van der Waals surface area contributed by atoms with Crippen molar-refractivity contribution in [3.63, 3.8) is 0 Å². The molecule has 0 amide bonds. The first-order valence-corrected chi connectivity index (χ1v) is 5.65. The van der Waals surface area contributed by atoms with Gasteiger partial charge < -0.3 is 10.4 Å². The Morgan fingerprint density at radius 2 is 2.13 bits per heavy atom.